The summed E-state index contributed by atoms with van der Waals surface area (Å²) in [5.74, 6) is 0. The van der Waals surface area contributed by atoms with Crippen LogP contribution in [-0.2, 0) is 0 Å². The highest BCUT2D eigenvalue weighted by Crippen LogP contribution is 2.42. The van der Waals surface area contributed by atoms with Crippen LogP contribution in [0.1, 0.15) is 13.7 Å². The summed E-state index contributed by atoms with van der Waals surface area (Å²) in [4.78, 5) is 0. The van der Waals surface area contributed by atoms with E-state index in [0.29, 0.717) is 11.1 Å². The zero-order chi connectivity index (χ0) is 35.2. The minimum atomic E-state index is -0.414. The fourth-order valence-corrected chi connectivity index (χ4v) is 5.73. The third-order valence-corrected chi connectivity index (χ3v) is 7.63. The molecule has 186 valence electrons. The average Bonchev–Trinajstić information content (AvgIpc) is 3.14. The van der Waals surface area contributed by atoms with Crippen molar-refractivity contribution in [3.05, 3.63) is 157 Å². The summed E-state index contributed by atoms with van der Waals surface area (Å²) in [5, 5.41) is 6.53. The van der Waals surface area contributed by atoms with Crippen LogP contribution in [0.3, 0.4) is 0 Å². The fraction of sp³-hybridized carbons (Fsp3) is 0. The van der Waals surface area contributed by atoms with Gasteiger partial charge in [0, 0.05) is 0 Å². The van der Waals surface area contributed by atoms with Gasteiger partial charge in [0.25, 0.3) is 0 Å². The lowest BCUT2D eigenvalue weighted by Gasteiger charge is -2.17. The fourth-order valence-electron chi connectivity index (χ4n) is 5.73. The summed E-state index contributed by atoms with van der Waals surface area (Å²) in [6, 6.07) is 28.5. The van der Waals surface area contributed by atoms with Crippen molar-refractivity contribution in [2.75, 3.05) is 0 Å². The maximum absolute atomic E-state index is 8.38. The van der Waals surface area contributed by atoms with Gasteiger partial charge in [0.05, 0.1) is 13.7 Å². The second-order valence-electron chi connectivity index (χ2n) is 9.80. The summed E-state index contributed by atoms with van der Waals surface area (Å²) >= 11 is 0. The van der Waals surface area contributed by atoms with Gasteiger partial charge in [-0.15, -0.1) is 0 Å². The Kier molecular flexibility index (Phi) is 3.42. The summed E-state index contributed by atoms with van der Waals surface area (Å²) in [5.41, 5.74) is 5.32. The highest BCUT2D eigenvalue weighted by Gasteiger charge is 2.15. The highest BCUT2D eigenvalue weighted by molar-refractivity contribution is 6.27. The molecule has 0 aliphatic carbocycles. The quantitative estimate of drug-likeness (QED) is 0.204. The molecule has 8 rings (SSSR count). The lowest BCUT2D eigenvalue weighted by Crippen LogP contribution is -1.89. The van der Waals surface area contributed by atoms with Crippen molar-refractivity contribution in [2.24, 2.45) is 0 Å². The summed E-state index contributed by atoms with van der Waals surface area (Å²) in [6.45, 7) is 0. The minimum Gasteiger partial charge on any atom is -0.0622 e. The maximum Gasteiger partial charge on any atom is 0.0629 e. The largest absolute Gasteiger partial charge is 0.0629 e. The van der Waals surface area contributed by atoms with Crippen LogP contribution in [0.2, 0.25) is 0 Å². The van der Waals surface area contributed by atoms with Crippen LogP contribution in [0.4, 0.5) is 0 Å². The van der Waals surface area contributed by atoms with Crippen molar-refractivity contribution < 1.29 is 13.7 Å². The minimum absolute atomic E-state index is 0.173. The van der Waals surface area contributed by atoms with Gasteiger partial charge in [-0.05, 0) is 76.8 Å². The lowest BCUT2D eigenvalue weighted by atomic mass is 9.87. The molecular weight excluding hydrogens is 480 g/mol. The van der Waals surface area contributed by atoms with Crippen LogP contribution in [-0.4, -0.2) is 0 Å². The number of hydrogen-bond acceptors (Lipinski definition) is 0. The van der Waals surface area contributed by atoms with Gasteiger partial charge in [0.1, 0.15) is 0 Å². The lowest BCUT2D eigenvalue weighted by molar-refractivity contribution is 1.60. The van der Waals surface area contributed by atoms with E-state index in [1.54, 1.807) is 24.3 Å². The Hall–Kier alpha value is -5.20. The zero-order valence-electron chi connectivity index (χ0n) is 31.2. The second-order valence-corrected chi connectivity index (χ2v) is 9.80. The molecule has 0 fully saturated rings. The Bertz CT molecular complexity index is 2440. The Morgan fingerprint density at radius 1 is 0.300 bits per heavy atom. The van der Waals surface area contributed by atoms with Crippen LogP contribution in [0.5, 0.6) is 0 Å². The molecule has 0 bridgehead atoms. The molecule has 0 aliphatic rings. The van der Waals surface area contributed by atoms with Gasteiger partial charge in [0.2, 0.25) is 0 Å². The van der Waals surface area contributed by atoms with Crippen LogP contribution >= 0.6 is 0 Å². The third-order valence-electron chi connectivity index (χ3n) is 7.63. The van der Waals surface area contributed by atoms with Gasteiger partial charge in [-0.3, -0.25) is 0 Å². The molecule has 40 heavy (non-hydrogen) atoms. The highest BCUT2D eigenvalue weighted by atomic mass is 14.2. The molecule has 0 aliphatic heterocycles. The molecule has 0 radical (unpaired) electrons. The molecule has 0 N–H and O–H groups in total. The molecular formula is C40H26. The van der Waals surface area contributed by atoms with Gasteiger partial charge in [-0.25, -0.2) is 0 Å². The molecule has 0 saturated carbocycles. The van der Waals surface area contributed by atoms with Gasteiger partial charge in [-0.1, -0.05) is 157 Å². The Morgan fingerprint density at radius 2 is 0.650 bits per heavy atom. The van der Waals surface area contributed by atoms with E-state index in [2.05, 4.69) is 48.5 Å². The van der Waals surface area contributed by atoms with Crippen LogP contribution in [0, 0.1) is 0 Å². The van der Waals surface area contributed by atoms with Crippen molar-refractivity contribution in [1.82, 2.24) is 0 Å². The van der Waals surface area contributed by atoms with E-state index in [9.17, 15) is 0 Å². The van der Waals surface area contributed by atoms with E-state index >= 15 is 0 Å². The van der Waals surface area contributed by atoms with Crippen molar-refractivity contribution in [3.63, 3.8) is 0 Å². The Balaban J connectivity index is 1.24. The normalized spacial score (nSPS) is 15.0. The van der Waals surface area contributed by atoms with Gasteiger partial charge in [-0.2, -0.15) is 0 Å². The van der Waals surface area contributed by atoms with E-state index in [1.165, 1.54) is 0 Å². The van der Waals surface area contributed by atoms with Gasteiger partial charge >= 0.3 is 0 Å². The van der Waals surface area contributed by atoms with E-state index in [1.807, 2.05) is 24.3 Å². The molecule has 0 heteroatoms. The Labute approximate surface area is 248 Å². The van der Waals surface area contributed by atoms with Crippen LogP contribution < -0.4 is 0 Å². The molecule has 8 aromatic rings. The van der Waals surface area contributed by atoms with Gasteiger partial charge in [0.15, 0.2) is 0 Å². The summed E-state index contributed by atoms with van der Waals surface area (Å²) < 4.78 is 81.6. The maximum atomic E-state index is 8.38. The predicted octanol–water partition coefficient (Wildman–Crippen LogP) is 11.3. The topological polar surface area (TPSA) is 0 Å². The first kappa shape index (κ1) is 14.8. The van der Waals surface area contributed by atoms with Gasteiger partial charge < -0.3 is 0 Å². The summed E-state index contributed by atoms with van der Waals surface area (Å²) in [6.07, 6.45) is 0. The monoisotopic (exact) mass is 516 g/mol. The van der Waals surface area contributed by atoms with Crippen LogP contribution in [0.25, 0.3) is 76.8 Å². The first-order valence-corrected chi connectivity index (χ1v) is 13.0. The van der Waals surface area contributed by atoms with E-state index in [4.69, 9.17) is 13.7 Å². The smallest absolute Gasteiger partial charge is 0.0622 e. The van der Waals surface area contributed by atoms with Crippen molar-refractivity contribution >= 4 is 32.3 Å². The van der Waals surface area contributed by atoms with E-state index < -0.39 is 12.1 Å². The molecule has 0 aromatic heterocycles. The zero-order valence-corrected chi connectivity index (χ0v) is 21.2. The molecule has 8 aromatic carbocycles. The van der Waals surface area contributed by atoms with Crippen molar-refractivity contribution in [1.29, 1.82) is 0 Å². The first-order chi connectivity index (χ1) is 24.0. The number of benzene rings is 8. The molecule has 0 saturated heterocycles. The third kappa shape index (κ3) is 3.69. The van der Waals surface area contributed by atoms with E-state index in [0.717, 1.165) is 54.6 Å². The van der Waals surface area contributed by atoms with Crippen LogP contribution in [0.15, 0.2) is 157 Å². The molecule has 0 atom stereocenters. The Morgan fingerprint density at radius 3 is 1.05 bits per heavy atom. The SMILES string of the molecule is [2H]c1c([2H])c([2H])c(-c2ccc(-c3ccc4ccc5c(-c6ccc(-c7c([2H])c([2H])c([2H])c([2H])c7[2H])cc6)ccc6ccc3c4c65)cc2)c([2H])c1[2H]. The summed E-state index contributed by atoms with van der Waals surface area (Å²) in [7, 11) is 0. The van der Waals surface area contributed by atoms with Crippen molar-refractivity contribution in [3.8, 4) is 44.5 Å². The first-order valence-electron chi connectivity index (χ1n) is 18.0. The van der Waals surface area contributed by atoms with Crippen molar-refractivity contribution in [2.45, 2.75) is 0 Å². The molecule has 0 spiro atoms. The predicted molar refractivity (Wildman–Crippen MR) is 172 cm³/mol. The molecule has 0 heterocycles. The number of hydrogen-bond donors (Lipinski definition) is 0. The molecule has 0 amide bonds. The second kappa shape index (κ2) is 9.22. The molecule has 0 unspecified atom stereocenters. The average molecular weight is 517 g/mol. The number of rotatable bonds is 4. The molecule has 0 nitrogen and oxygen atoms in total. The van der Waals surface area contributed by atoms with E-state index in [-0.39, 0.29) is 59.5 Å². The standard InChI is InChI=1S/C40H26/c1-3-7-27(8-4-1)29-11-15-31(16-12-29)35-23-19-33-22-26-38-36(24-20-34-21-25-37(35)39(33)40(34)38)32-17-13-30(14-18-32)28-9-5-2-6-10-28/h1-26H/i1D,2D,3D,4D,5D,6D,7D,8D,9D,10D.